The molecule has 1 aliphatic rings. The van der Waals surface area contributed by atoms with Gasteiger partial charge in [0, 0.05) is 6.61 Å². The van der Waals surface area contributed by atoms with Gasteiger partial charge in [-0.1, -0.05) is 0 Å². The van der Waals surface area contributed by atoms with Crippen LogP contribution in [0.25, 0.3) is 0 Å². The van der Waals surface area contributed by atoms with E-state index in [0.29, 0.717) is 23.7 Å². The van der Waals surface area contributed by atoms with Gasteiger partial charge in [-0.15, -0.1) is 0 Å². The summed E-state index contributed by atoms with van der Waals surface area (Å²) in [6.45, 7) is 0.645. The molecule has 0 saturated carbocycles. The fourth-order valence-electron chi connectivity index (χ4n) is 2.17. The summed E-state index contributed by atoms with van der Waals surface area (Å²) in [6.07, 6.45) is 2.44. The topological polar surface area (TPSA) is 44.8 Å². The normalized spacial score (nSPS) is 19.0. The van der Waals surface area contributed by atoms with Gasteiger partial charge in [-0.2, -0.15) is 0 Å². The van der Waals surface area contributed by atoms with Crippen LogP contribution < -0.4 is 9.47 Å². The van der Waals surface area contributed by atoms with Crippen molar-refractivity contribution in [3.63, 3.8) is 0 Å². The lowest BCUT2D eigenvalue weighted by molar-refractivity contribution is 0.0184. The second-order valence-electron chi connectivity index (χ2n) is 4.41. The zero-order valence-corrected chi connectivity index (χ0v) is 12.7. The van der Waals surface area contributed by atoms with Gasteiger partial charge in [-0.3, -0.25) is 4.79 Å². The van der Waals surface area contributed by atoms with Crippen molar-refractivity contribution in [1.29, 1.82) is 0 Å². The molecule has 0 spiro atoms. The maximum Gasteiger partial charge on any atom is 0.195 e. The van der Waals surface area contributed by atoms with Crippen molar-refractivity contribution >= 4 is 21.7 Å². The summed E-state index contributed by atoms with van der Waals surface area (Å²) in [7, 11) is 3.12. The highest BCUT2D eigenvalue weighted by molar-refractivity contribution is 9.10. The standard InChI is InChI=1S/C14H17BrO4/c1-17-12-8-10(15)13(18-2)7-9(12)14(16)11-5-3-4-6-19-11/h7-8,11H,3-6H2,1-2H3. The first-order valence-corrected chi connectivity index (χ1v) is 7.04. The SMILES string of the molecule is COc1cc(C(=O)C2CCCCO2)c(OC)cc1Br. The summed E-state index contributed by atoms with van der Waals surface area (Å²) in [5.74, 6) is 1.11. The molecule has 0 bridgehead atoms. The van der Waals surface area contributed by atoms with Crippen LogP contribution in [0.2, 0.25) is 0 Å². The highest BCUT2D eigenvalue weighted by atomic mass is 79.9. The number of halogens is 1. The molecule has 19 heavy (non-hydrogen) atoms. The van der Waals surface area contributed by atoms with E-state index in [4.69, 9.17) is 14.2 Å². The minimum absolute atomic E-state index is 0.0395. The van der Waals surface area contributed by atoms with Crippen LogP contribution in [0.4, 0.5) is 0 Å². The van der Waals surface area contributed by atoms with E-state index in [1.54, 1.807) is 26.4 Å². The number of benzene rings is 1. The van der Waals surface area contributed by atoms with E-state index in [1.807, 2.05) is 0 Å². The Hall–Kier alpha value is -1.07. The van der Waals surface area contributed by atoms with Crippen molar-refractivity contribution in [3.05, 3.63) is 22.2 Å². The molecule has 1 unspecified atom stereocenters. The van der Waals surface area contributed by atoms with E-state index in [-0.39, 0.29) is 11.9 Å². The van der Waals surface area contributed by atoms with Gasteiger partial charge in [0.1, 0.15) is 17.6 Å². The number of Topliss-reactive ketones (excluding diaryl/α,β-unsaturated/α-hetero) is 1. The van der Waals surface area contributed by atoms with E-state index in [0.717, 1.165) is 23.7 Å². The van der Waals surface area contributed by atoms with Crippen LogP contribution >= 0.6 is 15.9 Å². The summed E-state index contributed by atoms with van der Waals surface area (Å²) in [5, 5.41) is 0. The number of ketones is 1. The van der Waals surface area contributed by atoms with Crippen LogP contribution in [0.3, 0.4) is 0 Å². The first-order chi connectivity index (χ1) is 9.17. The zero-order chi connectivity index (χ0) is 13.8. The summed E-state index contributed by atoms with van der Waals surface area (Å²) >= 11 is 3.38. The number of carbonyl (C=O) groups excluding carboxylic acids is 1. The van der Waals surface area contributed by atoms with E-state index in [2.05, 4.69) is 15.9 Å². The minimum atomic E-state index is -0.367. The fourth-order valence-corrected chi connectivity index (χ4v) is 2.66. The Bertz CT molecular complexity index is 467. The highest BCUT2D eigenvalue weighted by Crippen LogP contribution is 2.34. The molecule has 1 aromatic rings. The molecule has 2 rings (SSSR count). The Morgan fingerprint density at radius 3 is 2.58 bits per heavy atom. The summed E-state index contributed by atoms with van der Waals surface area (Å²) in [4.78, 5) is 12.5. The molecule has 0 amide bonds. The Labute approximate surface area is 121 Å². The monoisotopic (exact) mass is 328 g/mol. The number of rotatable bonds is 4. The van der Waals surface area contributed by atoms with Crippen molar-refractivity contribution in [3.8, 4) is 11.5 Å². The summed E-state index contributed by atoms with van der Waals surface area (Å²) in [6, 6.07) is 3.44. The van der Waals surface area contributed by atoms with Gasteiger partial charge in [0.2, 0.25) is 0 Å². The van der Waals surface area contributed by atoms with Gasteiger partial charge in [0.25, 0.3) is 0 Å². The van der Waals surface area contributed by atoms with E-state index in [1.165, 1.54) is 0 Å². The van der Waals surface area contributed by atoms with Crippen molar-refractivity contribution in [2.24, 2.45) is 0 Å². The fraction of sp³-hybridized carbons (Fsp3) is 0.500. The molecule has 1 heterocycles. The van der Waals surface area contributed by atoms with Gasteiger partial charge in [0.05, 0.1) is 24.3 Å². The number of carbonyl (C=O) groups is 1. The van der Waals surface area contributed by atoms with Gasteiger partial charge < -0.3 is 14.2 Å². The molecule has 1 fully saturated rings. The Morgan fingerprint density at radius 2 is 2.00 bits per heavy atom. The lowest BCUT2D eigenvalue weighted by atomic mass is 9.99. The van der Waals surface area contributed by atoms with Crippen LogP contribution in [-0.4, -0.2) is 32.7 Å². The molecular formula is C14H17BrO4. The molecule has 0 aliphatic carbocycles. The van der Waals surface area contributed by atoms with Gasteiger partial charge in [-0.05, 0) is 47.3 Å². The van der Waals surface area contributed by atoms with E-state index < -0.39 is 0 Å². The predicted octanol–water partition coefficient (Wildman–Crippen LogP) is 3.22. The van der Waals surface area contributed by atoms with Crippen molar-refractivity contribution in [2.45, 2.75) is 25.4 Å². The Morgan fingerprint density at radius 1 is 1.26 bits per heavy atom. The molecule has 1 aliphatic heterocycles. The smallest absolute Gasteiger partial charge is 0.195 e. The third-order valence-electron chi connectivity index (χ3n) is 3.21. The minimum Gasteiger partial charge on any atom is -0.496 e. The molecule has 0 N–H and O–H groups in total. The summed E-state index contributed by atoms with van der Waals surface area (Å²) < 4.78 is 16.8. The van der Waals surface area contributed by atoms with Crippen LogP contribution in [0, 0.1) is 0 Å². The van der Waals surface area contributed by atoms with Crippen LogP contribution in [0.15, 0.2) is 16.6 Å². The van der Waals surface area contributed by atoms with Crippen molar-refractivity contribution in [2.75, 3.05) is 20.8 Å². The van der Waals surface area contributed by atoms with Crippen LogP contribution in [-0.2, 0) is 4.74 Å². The first kappa shape index (κ1) is 14.3. The van der Waals surface area contributed by atoms with Crippen LogP contribution in [0.1, 0.15) is 29.6 Å². The molecule has 1 saturated heterocycles. The predicted molar refractivity (Wildman–Crippen MR) is 75.2 cm³/mol. The third-order valence-corrected chi connectivity index (χ3v) is 3.83. The maximum absolute atomic E-state index is 12.5. The van der Waals surface area contributed by atoms with Gasteiger partial charge in [-0.25, -0.2) is 0 Å². The lowest BCUT2D eigenvalue weighted by Gasteiger charge is -2.22. The molecule has 0 aromatic heterocycles. The number of ether oxygens (including phenoxy) is 3. The van der Waals surface area contributed by atoms with Crippen LogP contribution in [0.5, 0.6) is 11.5 Å². The maximum atomic E-state index is 12.5. The summed E-state index contributed by atoms with van der Waals surface area (Å²) in [5.41, 5.74) is 0.509. The van der Waals surface area contributed by atoms with E-state index >= 15 is 0 Å². The molecule has 5 heteroatoms. The first-order valence-electron chi connectivity index (χ1n) is 6.24. The van der Waals surface area contributed by atoms with Crippen molar-refractivity contribution in [1.82, 2.24) is 0 Å². The molecule has 1 atom stereocenters. The molecule has 1 aromatic carbocycles. The quantitative estimate of drug-likeness (QED) is 0.796. The highest BCUT2D eigenvalue weighted by Gasteiger charge is 2.26. The number of hydrogen-bond donors (Lipinski definition) is 0. The second-order valence-corrected chi connectivity index (χ2v) is 5.26. The molecule has 4 nitrogen and oxygen atoms in total. The molecule has 104 valence electrons. The third kappa shape index (κ3) is 3.09. The lowest BCUT2D eigenvalue weighted by Crippen LogP contribution is -2.28. The van der Waals surface area contributed by atoms with Gasteiger partial charge >= 0.3 is 0 Å². The number of hydrogen-bond acceptors (Lipinski definition) is 4. The van der Waals surface area contributed by atoms with Crippen molar-refractivity contribution < 1.29 is 19.0 Å². The Kier molecular flexibility index (Phi) is 4.82. The van der Waals surface area contributed by atoms with Gasteiger partial charge in [0.15, 0.2) is 5.78 Å². The largest absolute Gasteiger partial charge is 0.496 e. The molecule has 0 radical (unpaired) electrons. The number of methoxy groups -OCH3 is 2. The second kappa shape index (κ2) is 6.39. The zero-order valence-electron chi connectivity index (χ0n) is 11.1. The average molecular weight is 329 g/mol. The van der Waals surface area contributed by atoms with E-state index in [9.17, 15) is 4.79 Å². The molecular weight excluding hydrogens is 312 g/mol. The Balaban J connectivity index is 2.33. The average Bonchev–Trinajstić information content (AvgIpc) is 2.47.